The van der Waals surface area contributed by atoms with Crippen molar-refractivity contribution < 1.29 is 42.9 Å². The summed E-state index contributed by atoms with van der Waals surface area (Å²) in [5, 5.41) is 11.8. The first-order valence-corrected chi connectivity index (χ1v) is 37.7. The number of hydrogen-bond acceptors (Lipinski definition) is 8. The van der Waals surface area contributed by atoms with Crippen LogP contribution in [0, 0.1) is 0 Å². The van der Waals surface area contributed by atoms with Crippen LogP contribution in [-0.4, -0.2) is 82.3 Å². The van der Waals surface area contributed by atoms with E-state index in [1.807, 2.05) is 21.1 Å². The van der Waals surface area contributed by atoms with Crippen LogP contribution in [-0.2, 0) is 33.3 Å². The number of carbonyl (C=O) groups excluding carboxylic acids is 3. The molecule has 0 spiro atoms. The van der Waals surface area contributed by atoms with Crippen molar-refractivity contribution in [3.63, 3.8) is 0 Å². The lowest BCUT2D eigenvalue weighted by atomic mass is 10.0. The van der Waals surface area contributed by atoms with E-state index in [-0.39, 0.29) is 32.2 Å². The van der Waals surface area contributed by atoms with Crippen molar-refractivity contribution in [1.82, 2.24) is 0 Å². The molecule has 0 radical (unpaired) electrons. The number of esters is 2. The molecule has 0 N–H and O–H groups in total. The highest BCUT2D eigenvalue weighted by Crippen LogP contribution is 2.20. The lowest BCUT2D eigenvalue weighted by molar-refractivity contribution is -0.870. The average Bonchev–Trinajstić information content (AvgIpc) is 3.52. The molecule has 0 aromatic carbocycles. The Kier molecular flexibility index (Phi) is 65.9. The molecule has 0 aliphatic carbocycles. The number of hydrogen-bond donors (Lipinski definition) is 0. The first-order valence-electron chi connectivity index (χ1n) is 37.7. The number of rotatable bonds is 72. The van der Waals surface area contributed by atoms with Crippen molar-refractivity contribution in [2.75, 3.05) is 47.5 Å². The molecule has 0 saturated carbocycles. The number of ether oxygens (including phenoxy) is 4. The van der Waals surface area contributed by atoms with E-state index in [0.29, 0.717) is 17.4 Å². The average molecular weight is 1190 g/mol. The Bertz CT molecular complexity index is 1340. The Morgan fingerprint density at radius 1 is 0.310 bits per heavy atom. The standard InChI is InChI=1S/C75H147NO8/c1-6-8-10-12-14-16-18-20-22-24-26-28-29-30-31-32-33-34-35-36-37-38-39-40-41-42-43-44-45-46-48-50-52-54-56-58-60-62-64-66-73(78)84-71(70-83-75(74(79)80)81-68-67-76(3,4)5)69-82-72(77)65-63-61-59-57-55-53-51-49-47-27-25-23-21-19-17-15-13-11-9-7-2/h71,75H,6-70H2,1-5H3. The fraction of sp³-hybridized carbons (Fsp3) is 0.960. The van der Waals surface area contributed by atoms with Gasteiger partial charge in [-0.15, -0.1) is 0 Å². The second-order valence-corrected chi connectivity index (χ2v) is 27.3. The summed E-state index contributed by atoms with van der Waals surface area (Å²) in [4.78, 5) is 37.5. The highest BCUT2D eigenvalue weighted by molar-refractivity contribution is 5.70. The van der Waals surface area contributed by atoms with E-state index in [9.17, 15) is 19.5 Å². The fourth-order valence-corrected chi connectivity index (χ4v) is 11.8. The van der Waals surface area contributed by atoms with Crippen LogP contribution >= 0.6 is 0 Å². The molecule has 0 aliphatic heterocycles. The molecule has 0 fully saturated rings. The van der Waals surface area contributed by atoms with Crippen molar-refractivity contribution >= 4 is 17.9 Å². The molecule has 500 valence electrons. The zero-order chi connectivity index (χ0) is 61.2. The highest BCUT2D eigenvalue weighted by atomic mass is 16.7. The minimum atomic E-state index is -1.62. The monoisotopic (exact) mass is 1190 g/mol. The van der Waals surface area contributed by atoms with Crippen molar-refractivity contribution in [3.05, 3.63) is 0 Å². The van der Waals surface area contributed by atoms with E-state index in [1.165, 1.54) is 340 Å². The van der Waals surface area contributed by atoms with Gasteiger partial charge in [0.25, 0.3) is 0 Å². The maximum absolute atomic E-state index is 12.9. The van der Waals surface area contributed by atoms with Crippen LogP contribution in [0.2, 0.25) is 0 Å². The Morgan fingerprint density at radius 2 is 0.536 bits per heavy atom. The first-order chi connectivity index (χ1) is 41.1. The molecule has 0 aromatic rings. The van der Waals surface area contributed by atoms with Gasteiger partial charge in [-0.1, -0.05) is 380 Å². The van der Waals surface area contributed by atoms with E-state index in [0.717, 1.165) is 38.5 Å². The molecule has 0 bridgehead atoms. The van der Waals surface area contributed by atoms with E-state index in [4.69, 9.17) is 18.9 Å². The second kappa shape index (κ2) is 67.2. The van der Waals surface area contributed by atoms with Gasteiger partial charge in [-0.25, -0.2) is 0 Å². The quantitative estimate of drug-likeness (QED) is 0.0256. The van der Waals surface area contributed by atoms with Gasteiger partial charge in [0.15, 0.2) is 12.4 Å². The van der Waals surface area contributed by atoms with E-state index >= 15 is 0 Å². The maximum atomic E-state index is 12.9. The SMILES string of the molecule is CCCCCCCCCCCCCCCCCCCCCCCCCCCCCCCCCCCCCCCCCC(=O)OC(COC(=O)CCCCCCCCCCCCCCCCCCCCCC)COC(OCC[N+](C)(C)C)C(=O)[O-]. The lowest BCUT2D eigenvalue weighted by Gasteiger charge is -2.26. The van der Waals surface area contributed by atoms with E-state index in [1.54, 1.807) is 0 Å². The summed E-state index contributed by atoms with van der Waals surface area (Å²) in [6.45, 7) is 4.84. The maximum Gasteiger partial charge on any atom is 0.306 e. The zero-order valence-corrected chi connectivity index (χ0v) is 57.3. The minimum absolute atomic E-state index is 0.154. The summed E-state index contributed by atoms with van der Waals surface area (Å²) in [5.74, 6) is -2.24. The number of nitrogens with zero attached hydrogens (tertiary/aromatic N) is 1. The van der Waals surface area contributed by atoms with Crippen LogP contribution in [0.1, 0.15) is 406 Å². The Hall–Kier alpha value is -1.71. The Morgan fingerprint density at radius 3 is 0.762 bits per heavy atom. The summed E-state index contributed by atoms with van der Waals surface area (Å²) in [7, 11) is 5.95. The normalized spacial score (nSPS) is 12.5. The van der Waals surface area contributed by atoms with Crippen molar-refractivity contribution in [3.8, 4) is 0 Å². The second-order valence-electron chi connectivity index (χ2n) is 27.3. The highest BCUT2D eigenvalue weighted by Gasteiger charge is 2.22. The van der Waals surface area contributed by atoms with E-state index in [2.05, 4.69) is 13.8 Å². The van der Waals surface area contributed by atoms with Crippen LogP contribution < -0.4 is 5.11 Å². The predicted octanol–water partition coefficient (Wildman–Crippen LogP) is 22.1. The van der Waals surface area contributed by atoms with Gasteiger partial charge in [-0.3, -0.25) is 9.59 Å². The predicted molar refractivity (Wildman–Crippen MR) is 357 cm³/mol. The Balaban J connectivity index is 3.91. The zero-order valence-electron chi connectivity index (χ0n) is 57.3. The van der Waals surface area contributed by atoms with Gasteiger partial charge in [-0.05, 0) is 12.8 Å². The van der Waals surface area contributed by atoms with Gasteiger partial charge < -0.3 is 33.3 Å². The third-order valence-corrected chi connectivity index (χ3v) is 17.6. The third kappa shape index (κ3) is 67.8. The molecule has 0 heterocycles. The molecule has 9 nitrogen and oxygen atoms in total. The van der Waals surface area contributed by atoms with Crippen LogP contribution in [0.5, 0.6) is 0 Å². The van der Waals surface area contributed by atoms with Crippen LogP contribution in [0.3, 0.4) is 0 Å². The molecule has 2 unspecified atom stereocenters. The van der Waals surface area contributed by atoms with Crippen LogP contribution in [0.15, 0.2) is 0 Å². The van der Waals surface area contributed by atoms with Gasteiger partial charge >= 0.3 is 11.9 Å². The Labute approximate surface area is 523 Å². The summed E-state index contributed by atoms with van der Waals surface area (Å²) in [6, 6.07) is 0. The number of carboxylic acids is 1. The summed E-state index contributed by atoms with van der Waals surface area (Å²) >= 11 is 0. The smallest absolute Gasteiger partial charge is 0.306 e. The third-order valence-electron chi connectivity index (χ3n) is 17.6. The molecule has 2 atom stereocenters. The number of likely N-dealkylation sites (N-methyl/N-ethyl adjacent to an activating group) is 1. The molecule has 0 amide bonds. The van der Waals surface area contributed by atoms with Crippen LogP contribution in [0.25, 0.3) is 0 Å². The van der Waals surface area contributed by atoms with Crippen LogP contribution in [0.4, 0.5) is 0 Å². The van der Waals surface area contributed by atoms with Gasteiger partial charge in [-0.2, -0.15) is 0 Å². The molecule has 0 aromatic heterocycles. The molecule has 84 heavy (non-hydrogen) atoms. The number of carboxylic acid groups (broad SMARTS) is 1. The van der Waals surface area contributed by atoms with Gasteiger partial charge in [0.05, 0.1) is 40.3 Å². The molecular weight excluding hydrogens is 1040 g/mol. The number of quaternary nitrogens is 1. The number of unbranched alkanes of at least 4 members (excludes halogenated alkanes) is 57. The van der Waals surface area contributed by atoms with Crippen molar-refractivity contribution in [2.45, 2.75) is 418 Å². The fourth-order valence-electron chi connectivity index (χ4n) is 11.8. The summed E-state index contributed by atoms with van der Waals surface area (Å²) in [5.41, 5.74) is 0. The molecule has 0 aliphatic rings. The molecule has 0 saturated heterocycles. The van der Waals surface area contributed by atoms with Gasteiger partial charge in [0.1, 0.15) is 13.2 Å². The molecular formula is C75H147NO8. The topological polar surface area (TPSA) is 111 Å². The summed E-state index contributed by atoms with van der Waals surface area (Å²) < 4.78 is 22.8. The first kappa shape index (κ1) is 82.3. The molecule has 9 heteroatoms. The minimum Gasteiger partial charge on any atom is -0.545 e. The van der Waals surface area contributed by atoms with Gasteiger partial charge in [0.2, 0.25) is 0 Å². The lowest BCUT2D eigenvalue weighted by Crippen LogP contribution is -2.44. The number of carbonyl (C=O) groups is 3. The van der Waals surface area contributed by atoms with Crippen molar-refractivity contribution in [2.24, 2.45) is 0 Å². The largest absolute Gasteiger partial charge is 0.545 e. The number of aliphatic carboxylic acids is 1. The van der Waals surface area contributed by atoms with E-state index < -0.39 is 24.3 Å². The van der Waals surface area contributed by atoms with Gasteiger partial charge in [0, 0.05) is 12.8 Å². The summed E-state index contributed by atoms with van der Waals surface area (Å²) in [6.07, 6.45) is 78.0. The molecule has 0 rings (SSSR count). The van der Waals surface area contributed by atoms with Crippen molar-refractivity contribution in [1.29, 1.82) is 0 Å².